The van der Waals surface area contributed by atoms with Crippen LogP contribution in [0.2, 0.25) is 0 Å². The van der Waals surface area contributed by atoms with Gasteiger partial charge in [-0.2, -0.15) is 4.31 Å². The molecule has 1 saturated heterocycles. The molecule has 0 bridgehead atoms. The van der Waals surface area contributed by atoms with Gasteiger partial charge in [0.15, 0.2) is 5.78 Å². The van der Waals surface area contributed by atoms with Crippen LogP contribution >= 0.6 is 0 Å². The summed E-state index contributed by atoms with van der Waals surface area (Å²) in [5.41, 5.74) is 0.533. The molecule has 8 heteroatoms. The molecule has 1 N–H and O–H groups in total. The van der Waals surface area contributed by atoms with E-state index in [4.69, 9.17) is 4.74 Å². The van der Waals surface area contributed by atoms with E-state index in [9.17, 15) is 18.0 Å². The second kappa shape index (κ2) is 9.20. The number of carbonyl (C=O) groups excluding carboxylic acids is 2. The Morgan fingerprint density at radius 2 is 1.87 bits per heavy atom. The SMILES string of the molecule is COc1cccc(CNC(=O)C2(C)CCCN(S(=O)(=O)c3ccc(C(C)=O)cc3)C2)c1. The fourth-order valence-corrected chi connectivity index (χ4v) is 5.37. The maximum absolute atomic E-state index is 13.1. The Morgan fingerprint density at radius 3 is 2.52 bits per heavy atom. The Labute approximate surface area is 183 Å². The van der Waals surface area contributed by atoms with Crippen molar-refractivity contribution in [1.82, 2.24) is 9.62 Å². The topological polar surface area (TPSA) is 92.8 Å². The van der Waals surface area contributed by atoms with Gasteiger partial charge in [-0.3, -0.25) is 9.59 Å². The first-order chi connectivity index (χ1) is 14.7. The van der Waals surface area contributed by atoms with Gasteiger partial charge in [0, 0.05) is 25.2 Å². The number of nitrogens with one attached hydrogen (secondary N) is 1. The van der Waals surface area contributed by atoms with Crippen molar-refractivity contribution in [3.05, 3.63) is 59.7 Å². The van der Waals surface area contributed by atoms with Crippen LogP contribution in [0.15, 0.2) is 53.4 Å². The Morgan fingerprint density at radius 1 is 1.16 bits per heavy atom. The maximum Gasteiger partial charge on any atom is 0.243 e. The van der Waals surface area contributed by atoms with Crippen LogP contribution in [-0.2, 0) is 21.4 Å². The molecule has 1 fully saturated rings. The van der Waals surface area contributed by atoms with E-state index >= 15 is 0 Å². The van der Waals surface area contributed by atoms with Crippen LogP contribution in [0.3, 0.4) is 0 Å². The number of carbonyl (C=O) groups is 2. The van der Waals surface area contributed by atoms with Gasteiger partial charge < -0.3 is 10.1 Å². The summed E-state index contributed by atoms with van der Waals surface area (Å²) in [6, 6.07) is 13.4. The first-order valence-corrected chi connectivity index (χ1v) is 11.6. The lowest BCUT2D eigenvalue weighted by Gasteiger charge is -2.38. The van der Waals surface area contributed by atoms with Crippen molar-refractivity contribution in [2.24, 2.45) is 5.41 Å². The predicted molar refractivity (Wildman–Crippen MR) is 117 cm³/mol. The van der Waals surface area contributed by atoms with E-state index in [1.54, 1.807) is 14.0 Å². The number of hydrogen-bond acceptors (Lipinski definition) is 5. The Bertz CT molecular complexity index is 1070. The molecular weight excluding hydrogens is 416 g/mol. The largest absolute Gasteiger partial charge is 0.497 e. The normalized spacial score (nSPS) is 19.6. The van der Waals surface area contributed by atoms with Crippen LogP contribution in [0.4, 0.5) is 0 Å². The average Bonchev–Trinajstić information content (AvgIpc) is 2.77. The minimum atomic E-state index is -3.76. The fourth-order valence-electron chi connectivity index (χ4n) is 3.77. The van der Waals surface area contributed by atoms with Crippen molar-refractivity contribution in [1.29, 1.82) is 0 Å². The molecule has 31 heavy (non-hydrogen) atoms. The van der Waals surface area contributed by atoms with E-state index in [-0.39, 0.29) is 23.1 Å². The summed E-state index contributed by atoms with van der Waals surface area (Å²) in [5, 5.41) is 2.94. The first-order valence-electron chi connectivity index (χ1n) is 10.2. The van der Waals surface area contributed by atoms with Crippen molar-refractivity contribution in [3.8, 4) is 5.75 Å². The van der Waals surface area contributed by atoms with Crippen molar-refractivity contribution >= 4 is 21.7 Å². The molecule has 0 spiro atoms. The highest BCUT2D eigenvalue weighted by Crippen LogP contribution is 2.33. The van der Waals surface area contributed by atoms with Crippen molar-refractivity contribution < 1.29 is 22.7 Å². The summed E-state index contributed by atoms with van der Waals surface area (Å²) in [7, 11) is -2.17. The van der Waals surface area contributed by atoms with E-state index in [1.807, 2.05) is 24.3 Å². The zero-order valence-electron chi connectivity index (χ0n) is 18.1. The summed E-state index contributed by atoms with van der Waals surface area (Å²) < 4.78 is 32.8. The van der Waals surface area contributed by atoms with Gasteiger partial charge in [-0.1, -0.05) is 24.3 Å². The van der Waals surface area contributed by atoms with Crippen LogP contribution in [0.1, 0.15) is 42.6 Å². The highest BCUT2D eigenvalue weighted by atomic mass is 32.2. The van der Waals surface area contributed by atoms with Gasteiger partial charge >= 0.3 is 0 Å². The summed E-state index contributed by atoms with van der Waals surface area (Å²) in [4.78, 5) is 24.6. The number of amides is 1. The minimum absolute atomic E-state index is 0.105. The molecule has 1 aliphatic heterocycles. The molecule has 1 unspecified atom stereocenters. The number of methoxy groups -OCH3 is 1. The first kappa shape index (κ1) is 23.0. The van der Waals surface area contributed by atoms with Gasteiger partial charge in [-0.15, -0.1) is 0 Å². The molecule has 1 amide bonds. The van der Waals surface area contributed by atoms with Gasteiger partial charge in [0.2, 0.25) is 15.9 Å². The third-order valence-electron chi connectivity index (χ3n) is 5.70. The Hall–Kier alpha value is -2.71. The summed E-state index contributed by atoms with van der Waals surface area (Å²) in [6.45, 7) is 4.03. The molecule has 1 atom stereocenters. The molecule has 0 saturated carbocycles. The molecule has 7 nitrogen and oxygen atoms in total. The van der Waals surface area contributed by atoms with Crippen molar-refractivity contribution in [3.63, 3.8) is 0 Å². The fraction of sp³-hybridized carbons (Fsp3) is 0.391. The smallest absolute Gasteiger partial charge is 0.243 e. The quantitative estimate of drug-likeness (QED) is 0.663. The number of ketones is 1. The van der Waals surface area contributed by atoms with E-state index in [0.29, 0.717) is 37.2 Å². The number of rotatable bonds is 7. The highest BCUT2D eigenvalue weighted by Gasteiger charge is 2.41. The molecule has 0 aromatic heterocycles. The molecule has 2 aromatic carbocycles. The van der Waals surface area contributed by atoms with Gasteiger partial charge in [0.05, 0.1) is 17.4 Å². The molecule has 0 aliphatic carbocycles. The molecule has 2 aromatic rings. The molecule has 166 valence electrons. The molecule has 1 aliphatic rings. The van der Waals surface area contributed by atoms with Crippen LogP contribution in [0.5, 0.6) is 5.75 Å². The maximum atomic E-state index is 13.1. The zero-order valence-corrected chi connectivity index (χ0v) is 18.9. The number of hydrogen-bond donors (Lipinski definition) is 1. The third kappa shape index (κ3) is 5.14. The molecular formula is C23H28N2O5S. The number of benzene rings is 2. The Balaban J connectivity index is 1.71. The number of Topliss-reactive ketones (excluding diaryl/α,β-unsaturated/α-hetero) is 1. The third-order valence-corrected chi connectivity index (χ3v) is 7.55. The van der Waals surface area contributed by atoms with Crippen LogP contribution in [0.25, 0.3) is 0 Å². The summed E-state index contributed by atoms with van der Waals surface area (Å²) in [5.74, 6) is 0.410. The lowest BCUT2D eigenvalue weighted by atomic mass is 9.82. The monoisotopic (exact) mass is 444 g/mol. The van der Waals surface area contributed by atoms with Gasteiger partial charge in [0.1, 0.15) is 5.75 Å². The molecule has 3 rings (SSSR count). The standard InChI is InChI=1S/C23H28N2O5S/c1-17(26)19-8-10-21(11-9-19)31(28,29)25-13-5-12-23(2,16-25)22(27)24-15-18-6-4-7-20(14-18)30-3/h4,6-11,14H,5,12-13,15-16H2,1-3H3,(H,24,27). The predicted octanol–water partition coefficient (Wildman–Crippen LogP) is 3.01. The van der Waals surface area contributed by atoms with E-state index in [0.717, 1.165) is 5.56 Å². The number of nitrogens with zero attached hydrogens (tertiary/aromatic N) is 1. The lowest BCUT2D eigenvalue weighted by molar-refractivity contribution is -0.132. The molecule has 1 heterocycles. The van der Waals surface area contributed by atoms with Gasteiger partial charge in [0.25, 0.3) is 0 Å². The zero-order chi connectivity index (χ0) is 22.6. The number of piperidine rings is 1. The van der Waals surface area contributed by atoms with E-state index in [1.165, 1.54) is 35.5 Å². The lowest BCUT2D eigenvalue weighted by Crippen LogP contribution is -2.51. The van der Waals surface area contributed by atoms with E-state index < -0.39 is 15.4 Å². The Kier molecular flexibility index (Phi) is 6.81. The number of sulfonamides is 1. The second-order valence-electron chi connectivity index (χ2n) is 8.12. The van der Waals surface area contributed by atoms with Gasteiger partial charge in [-0.05, 0) is 56.5 Å². The second-order valence-corrected chi connectivity index (χ2v) is 10.1. The molecule has 0 radical (unpaired) electrons. The average molecular weight is 445 g/mol. The van der Waals surface area contributed by atoms with Crippen LogP contribution in [0, 0.1) is 5.41 Å². The summed E-state index contributed by atoms with van der Waals surface area (Å²) in [6.07, 6.45) is 1.19. The highest BCUT2D eigenvalue weighted by molar-refractivity contribution is 7.89. The van der Waals surface area contributed by atoms with Crippen molar-refractivity contribution in [2.75, 3.05) is 20.2 Å². The van der Waals surface area contributed by atoms with E-state index in [2.05, 4.69) is 5.32 Å². The summed E-state index contributed by atoms with van der Waals surface area (Å²) >= 11 is 0. The van der Waals surface area contributed by atoms with Crippen LogP contribution < -0.4 is 10.1 Å². The van der Waals surface area contributed by atoms with Crippen molar-refractivity contribution in [2.45, 2.75) is 38.1 Å². The number of ether oxygens (including phenoxy) is 1. The minimum Gasteiger partial charge on any atom is -0.497 e. The van der Waals surface area contributed by atoms with Crippen LogP contribution in [-0.4, -0.2) is 44.6 Å². The van der Waals surface area contributed by atoms with Gasteiger partial charge in [-0.25, -0.2) is 8.42 Å².